The maximum Gasteiger partial charge on any atom is 0.353 e. The van der Waals surface area contributed by atoms with Crippen molar-refractivity contribution in [1.29, 1.82) is 0 Å². The molecule has 204 valence electrons. The average Bonchev–Trinajstić information content (AvgIpc) is 3.40. The van der Waals surface area contributed by atoms with Gasteiger partial charge >= 0.3 is 12.2 Å². The molecule has 38 heavy (non-hydrogen) atoms. The molecule has 2 heterocycles. The highest BCUT2D eigenvalue weighted by Gasteiger charge is 2.52. The van der Waals surface area contributed by atoms with Crippen molar-refractivity contribution in [1.82, 2.24) is 10.5 Å². The third-order valence-electron chi connectivity index (χ3n) is 6.24. The second kappa shape index (κ2) is 11.9. The Kier molecular flexibility index (Phi) is 8.65. The number of aryl methyl sites for hydroxylation is 1. The minimum Gasteiger partial charge on any atom is -0.494 e. The van der Waals surface area contributed by atoms with Gasteiger partial charge in [0.15, 0.2) is 20.3 Å². The zero-order valence-electron chi connectivity index (χ0n) is 21.3. The quantitative estimate of drug-likeness (QED) is 0.161. The van der Waals surface area contributed by atoms with E-state index in [1.807, 2.05) is 38.1 Å². The van der Waals surface area contributed by atoms with Crippen LogP contribution in [0.2, 0.25) is 0 Å². The van der Waals surface area contributed by atoms with Crippen molar-refractivity contribution in [2.24, 2.45) is 0 Å². The molecule has 0 aliphatic carbocycles. The third kappa shape index (κ3) is 5.98. The average molecular weight is 547 g/mol. The van der Waals surface area contributed by atoms with Crippen LogP contribution < -0.4 is 19.7 Å². The molecule has 12 heteroatoms. The van der Waals surface area contributed by atoms with Crippen LogP contribution in [-0.2, 0) is 25.8 Å². The Bertz CT molecular complexity index is 1320. The zero-order chi connectivity index (χ0) is 27.2. The molecule has 0 radical (unpaired) electrons. The second-order valence-corrected chi connectivity index (χ2v) is 11.5. The maximum atomic E-state index is 13.3. The molecule has 3 aromatic rings. The number of aromatic nitrogens is 2. The van der Waals surface area contributed by atoms with Crippen molar-refractivity contribution < 1.29 is 41.9 Å². The molecule has 2 N–H and O–H groups in total. The number of nitrogens with one attached hydrogen (secondary N) is 1. The number of benzene rings is 2. The highest BCUT2D eigenvalue weighted by atomic mass is 32.2. The normalized spacial score (nSPS) is 15.3. The highest BCUT2D eigenvalue weighted by molar-refractivity contribution is 7.93. The van der Waals surface area contributed by atoms with Gasteiger partial charge in [0.1, 0.15) is 11.5 Å². The van der Waals surface area contributed by atoms with E-state index >= 15 is 0 Å². The van der Waals surface area contributed by atoms with Crippen molar-refractivity contribution in [3.63, 3.8) is 0 Å². The Balaban J connectivity index is 1.30. The van der Waals surface area contributed by atoms with Crippen molar-refractivity contribution in [3.8, 4) is 17.2 Å². The van der Waals surface area contributed by atoms with Crippen molar-refractivity contribution >= 4 is 15.7 Å². The minimum absolute atomic E-state index is 0.0245. The molecule has 0 bridgehead atoms. The number of hydroxylamine groups is 1. The SMILES string of the molecule is CC(C)Oc1ccc(-[n+]2cnc(CCCOc3ccc(S(=O)(=O)C4(C(=O)NO)CCOCC4)cc3)o2)cc1. The predicted octanol–water partition coefficient (Wildman–Crippen LogP) is 2.58. The summed E-state index contributed by atoms with van der Waals surface area (Å²) in [6, 6.07) is 13.4. The van der Waals surface area contributed by atoms with Crippen LogP contribution >= 0.6 is 0 Å². The number of sulfone groups is 1. The molecule has 2 aromatic carbocycles. The summed E-state index contributed by atoms with van der Waals surface area (Å²) < 4.78 is 48.8. The van der Waals surface area contributed by atoms with Crippen molar-refractivity contribution in [2.75, 3.05) is 19.8 Å². The van der Waals surface area contributed by atoms with E-state index in [-0.39, 0.29) is 37.1 Å². The van der Waals surface area contributed by atoms with E-state index in [1.54, 1.807) is 23.2 Å². The lowest BCUT2D eigenvalue weighted by Crippen LogP contribution is -2.54. The molecule has 1 saturated heterocycles. The first-order valence-corrected chi connectivity index (χ1v) is 13.9. The van der Waals surface area contributed by atoms with Gasteiger partial charge in [0.2, 0.25) is 0 Å². The third-order valence-corrected chi connectivity index (χ3v) is 8.76. The van der Waals surface area contributed by atoms with Gasteiger partial charge in [0, 0.05) is 13.2 Å². The van der Waals surface area contributed by atoms with Gasteiger partial charge in [-0.2, -0.15) is 0 Å². The topological polar surface area (TPSA) is 141 Å². The number of ether oxygens (including phenoxy) is 3. The van der Waals surface area contributed by atoms with Gasteiger partial charge in [-0.25, -0.2) is 13.9 Å². The Morgan fingerprint density at radius 3 is 2.39 bits per heavy atom. The number of carbonyl (C=O) groups is 1. The molecule has 1 amide bonds. The summed E-state index contributed by atoms with van der Waals surface area (Å²) in [4.78, 5) is 16.6. The summed E-state index contributed by atoms with van der Waals surface area (Å²) in [7, 11) is -4.08. The monoisotopic (exact) mass is 546 g/mol. The van der Waals surface area contributed by atoms with Gasteiger partial charge in [-0.3, -0.25) is 14.5 Å². The van der Waals surface area contributed by atoms with Gasteiger partial charge < -0.3 is 14.2 Å². The summed E-state index contributed by atoms with van der Waals surface area (Å²) in [5.41, 5.74) is 2.34. The summed E-state index contributed by atoms with van der Waals surface area (Å²) in [5, 5.41) is 9.16. The summed E-state index contributed by atoms with van der Waals surface area (Å²) in [6.45, 7) is 4.53. The van der Waals surface area contributed by atoms with Gasteiger partial charge in [-0.1, -0.05) is 0 Å². The van der Waals surface area contributed by atoms with E-state index in [2.05, 4.69) is 4.98 Å². The van der Waals surface area contributed by atoms with Crippen molar-refractivity contribution in [3.05, 3.63) is 60.7 Å². The van der Waals surface area contributed by atoms with E-state index in [0.717, 1.165) is 11.4 Å². The number of carbonyl (C=O) groups excluding carboxylic acids is 1. The van der Waals surface area contributed by atoms with Crippen LogP contribution in [0.15, 0.2) is 64.3 Å². The second-order valence-electron chi connectivity index (χ2n) is 9.19. The molecule has 4 rings (SSSR count). The van der Waals surface area contributed by atoms with Gasteiger partial charge in [-0.15, -0.1) is 0 Å². The fraction of sp³-hybridized carbons (Fsp3) is 0.423. The first-order chi connectivity index (χ1) is 18.2. The molecule has 0 atom stereocenters. The number of amides is 1. The summed E-state index contributed by atoms with van der Waals surface area (Å²) in [6.07, 6.45) is 2.80. The van der Waals surface area contributed by atoms with Crippen LogP contribution in [0.25, 0.3) is 5.69 Å². The van der Waals surface area contributed by atoms with Crippen LogP contribution in [0, 0.1) is 0 Å². The van der Waals surface area contributed by atoms with E-state index in [0.29, 0.717) is 31.1 Å². The highest BCUT2D eigenvalue weighted by Crippen LogP contribution is 2.35. The molecular formula is C26H32N3O8S+. The lowest BCUT2D eigenvalue weighted by atomic mass is 9.98. The Labute approximate surface area is 221 Å². The predicted molar refractivity (Wildman–Crippen MR) is 134 cm³/mol. The Hall–Kier alpha value is -3.48. The minimum atomic E-state index is -4.08. The first-order valence-electron chi connectivity index (χ1n) is 12.4. The number of rotatable bonds is 11. The molecule has 1 fully saturated rings. The Morgan fingerprint density at radius 1 is 1.11 bits per heavy atom. The number of hydrogen-bond acceptors (Lipinski definition) is 9. The van der Waals surface area contributed by atoms with Crippen LogP contribution in [0.1, 0.15) is 39.0 Å². The van der Waals surface area contributed by atoms with Gasteiger partial charge in [0.05, 0.1) is 24.0 Å². The van der Waals surface area contributed by atoms with Crippen molar-refractivity contribution in [2.45, 2.75) is 55.3 Å². The van der Waals surface area contributed by atoms with Gasteiger partial charge in [0.25, 0.3) is 5.91 Å². The number of hydrogen-bond donors (Lipinski definition) is 2. The lowest BCUT2D eigenvalue weighted by molar-refractivity contribution is -0.786. The van der Waals surface area contributed by atoms with Gasteiger partial charge in [-0.05, 0) is 91.4 Å². The molecule has 11 nitrogen and oxygen atoms in total. The largest absolute Gasteiger partial charge is 0.494 e. The van der Waals surface area contributed by atoms with E-state index in [1.165, 1.54) is 17.6 Å². The molecule has 0 saturated carbocycles. The molecule has 1 aromatic heterocycles. The number of nitrogens with zero attached hydrogens (tertiary/aromatic N) is 2. The molecule has 0 spiro atoms. The summed E-state index contributed by atoms with van der Waals surface area (Å²) in [5.74, 6) is 0.876. The van der Waals surface area contributed by atoms with Crippen LogP contribution in [0.4, 0.5) is 0 Å². The standard InChI is InChI=1S/C26H31N3O8S/c1-19(2)36-22-7-5-20(6-8-22)29-18-27-24(37-29)4-3-15-35-21-9-11-23(12-10-21)38(32,33)26(25(30)28-31)13-16-34-17-14-26/h5-12,18-19H,3-4,13-17H2,1-2H3,(H-,28,30,31)/p+1. The van der Waals surface area contributed by atoms with E-state index in [9.17, 15) is 13.2 Å². The van der Waals surface area contributed by atoms with E-state index in [4.69, 9.17) is 23.9 Å². The Morgan fingerprint density at radius 2 is 1.76 bits per heavy atom. The molecular weight excluding hydrogens is 514 g/mol. The van der Waals surface area contributed by atoms with E-state index < -0.39 is 20.5 Å². The smallest absolute Gasteiger partial charge is 0.353 e. The van der Waals surface area contributed by atoms with Crippen LogP contribution in [-0.4, -0.2) is 55.2 Å². The molecule has 0 unspecified atom stereocenters. The maximum absolute atomic E-state index is 13.3. The molecule has 1 aliphatic rings. The van der Waals surface area contributed by atoms with Crippen LogP contribution in [0.3, 0.4) is 0 Å². The fourth-order valence-electron chi connectivity index (χ4n) is 4.23. The summed E-state index contributed by atoms with van der Waals surface area (Å²) >= 11 is 0. The lowest BCUT2D eigenvalue weighted by Gasteiger charge is -2.34. The van der Waals surface area contributed by atoms with Crippen LogP contribution in [0.5, 0.6) is 11.5 Å². The fourth-order valence-corrected chi connectivity index (χ4v) is 6.17. The first kappa shape index (κ1) is 27.6. The molecule has 1 aliphatic heterocycles. The zero-order valence-corrected chi connectivity index (χ0v) is 22.1.